The van der Waals surface area contributed by atoms with E-state index < -0.39 is 0 Å². The van der Waals surface area contributed by atoms with Gasteiger partial charge in [0, 0.05) is 28.0 Å². The molecule has 5 heteroatoms. The molecular weight excluding hydrogens is 259 g/mol. The molecule has 0 aliphatic carbocycles. The van der Waals surface area contributed by atoms with Crippen molar-refractivity contribution >= 4 is 43.2 Å². The first-order valence-electron chi connectivity index (χ1n) is 2.87. The van der Waals surface area contributed by atoms with Gasteiger partial charge in [0.25, 0.3) is 0 Å². The predicted molar refractivity (Wildman–Crippen MR) is 58.4 cm³/mol. The van der Waals surface area contributed by atoms with Gasteiger partial charge >= 0.3 is 0 Å². The van der Waals surface area contributed by atoms with E-state index >= 15 is 0 Å². The van der Waals surface area contributed by atoms with Gasteiger partial charge in [-0.1, -0.05) is 55.3 Å². The zero-order chi connectivity index (χ0) is 7.07. The van der Waals surface area contributed by atoms with Gasteiger partial charge in [-0.15, -0.1) is 0 Å². The molecule has 0 aromatic carbocycles. The standard InChI is InChI=1S/2C3H4S2.Ni/c2*1-2-4-5-3-1;/h2*1-2H,3H2;. The van der Waals surface area contributed by atoms with Gasteiger partial charge in [-0.3, -0.25) is 0 Å². The largest absolute Gasteiger partial charge is 0.0854 e. The van der Waals surface area contributed by atoms with Crippen molar-refractivity contribution in [3.63, 3.8) is 0 Å². The van der Waals surface area contributed by atoms with E-state index in [1.807, 2.05) is 43.2 Å². The Bertz CT molecular complexity index is 107. The molecule has 0 N–H and O–H groups in total. The molecule has 0 spiro atoms. The minimum absolute atomic E-state index is 0. The summed E-state index contributed by atoms with van der Waals surface area (Å²) < 4.78 is 0. The molecule has 0 aromatic heterocycles. The van der Waals surface area contributed by atoms with Crippen LogP contribution in [0.25, 0.3) is 0 Å². The predicted octanol–water partition coefficient (Wildman–Crippen LogP) is 3.79. The Morgan fingerprint density at radius 1 is 0.818 bits per heavy atom. The third kappa shape index (κ3) is 7.73. The molecule has 66 valence electrons. The average Bonchev–Trinajstić information content (AvgIpc) is 2.67. The van der Waals surface area contributed by atoms with Gasteiger partial charge in [-0.25, -0.2) is 0 Å². The van der Waals surface area contributed by atoms with Crippen LogP contribution in [0.4, 0.5) is 0 Å². The summed E-state index contributed by atoms with van der Waals surface area (Å²) in [6.07, 6.45) is 4.32. The molecule has 2 aliphatic heterocycles. The van der Waals surface area contributed by atoms with Crippen LogP contribution in [0.1, 0.15) is 0 Å². The zero-order valence-electron chi connectivity index (χ0n) is 5.67. The first kappa shape index (κ1) is 12.4. The minimum Gasteiger partial charge on any atom is -0.0854 e. The molecular formula is C6H8NiS4. The van der Waals surface area contributed by atoms with E-state index in [0.29, 0.717) is 0 Å². The van der Waals surface area contributed by atoms with Crippen LogP contribution >= 0.6 is 43.2 Å². The molecule has 0 bridgehead atoms. The van der Waals surface area contributed by atoms with Crippen LogP contribution in [0.5, 0.6) is 0 Å². The Kier molecular flexibility index (Phi) is 10.6. The molecule has 2 rings (SSSR count). The molecule has 0 radical (unpaired) electrons. The normalized spacial score (nSPS) is 18.9. The van der Waals surface area contributed by atoms with E-state index in [9.17, 15) is 0 Å². The second-order valence-corrected chi connectivity index (χ2v) is 6.14. The minimum atomic E-state index is 0. The molecule has 0 unspecified atom stereocenters. The van der Waals surface area contributed by atoms with Crippen molar-refractivity contribution in [2.75, 3.05) is 11.5 Å². The van der Waals surface area contributed by atoms with E-state index in [1.165, 1.54) is 11.5 Å². The summed E-state index contributed by atoms with van der Waals surface area (Å²) in [5, 5.41) is 4.23. The second-order valence-electron chi connectivity index (χ2n) is 1.51. The van der Waals surface area contributed by atoms with E-state index in [4.69, 9.17) is 0 Å². The fourth-order valence-electron chi connectivity index (χ4n) is 0.393. The molecule has 0 atom stereocenters. The second kappa shape index (κ2) is 9.46. The van der Waals surface area contributed by atoms with Crippen LogP contribution in [0.15, 0.2) is 23.0 Å². The quantitative estimate of drug-likeness (QED) is 0.483. The van der Waals surface area contributed by atoms with Gasteiger partial charge in [0.2, 0.25) is 0 Å². The average molecular weight is 267 g/mol. The van der Waals surface area contributed by atoms with Crippen molar-refractivity contribution in [1.82, 2.24) is 0 Å². The van der Waals surface area contributed by atoms with Crippen LogP contribution in [-0.4, -0.2) is 11.5 Å². The summed E-state index contributed by atoms with van der Waals surface area (Å²) in [6, 6.07) is 0. The summed E-state index contributed by atoms with van der Waals surface area (Å²) in [5.74, 6) is 2.40. The fourth-order valence-corrected chi connectivity index (χ4v) is 3.54. The van der Waals surface area contributed by atoms with Crippen LogP contribution in [-0.2, 0) is 16.5 Å². The smallest absolute Gasteiger partial charge is 0.0229 e. The summed E-state index contributed by atoms with van der Waals surface area (Å²) in [7, 11) is 7.38. The first-order chi connectivity index (χ1) is 5.00. The van der Waals surface area contributed by atoms with Gasteiger partial charge in [0.05, 0.1) is 0 Å². The molecule has 0 amide bonds. The Morgan fingerprint density at radius 2 is 1.27 bits per heavy atom. The Labute approximate surface area is 93.5 Å². The van der Waals surface area contributed by atoms with E-state index in [-0.39, 0.29) is 16.5 Å². The molecule has 2 heterocycles. The van der Waals surface area contributed by atoms with Gasteiger partial charge in [0.15, 0.2) is 0 Å². The maximum absolute atomic E-state index is 2.16. The summed E-state index contributed by atoms with van der Waals surface area (Å²) in [5.41, 5.74) is 0. The topological polar surface area (TPSA) is 0 Å². The number of hydrogen-bond donors (Lipinski definition) is 0. The van der Waals surface area contributed by atoms with Crippen molar-refractivity contribution in [3.8, 4) is 0 Å². The molecule has 0 saturated heterocycles. The SMILES string of the molecule is C1=CSSC1.C1=CSSC1.[Ni]. The van der Waals surface area contributed by atoms with Gasteiger partial charge in [0.1, 0.15) is 0 Å². The number of rotatable bonds is 0. The third-order valence-electron chi connectivity index (χ3n) is 0.768. The zero-order valence-corrected chi connectivity index (χ0v) is 9.93. The van der Waals surface area contributed by atoms with Crippen molar-refractivity contribution in [2.45, 2.75) is 0 Å². The summed E-state index contributed by atoms with van der Waals surface area (Å²) in [4.78, 5) is 0. The molecule has 11 heavy (non-hydrogen) atoms. The summed E-state index contributed by atoms with van der Waals surface area (Å²) in [6.45, 7) is 0. The van der Waals surface area contributed by atoms with E-state index in [0.717, 1.165) is 0 Å². The van der Waals surface area contributed by atoms with Crippen molar-refractivity contribution < 1.29 is 16.5 Å². The van der Waals surface area contributed by atoms with Gasteiger partial charge < -0.3 is 0 Å². The molecule has 0 nitrogen and oxygen atoms in total. The molecule has 0 saturated carbocycles. The Hall–Kier alpha value is 1.37. The van der Waals surface area contributed by atoms with Gasteiger partial charge in [-0.2, -0.15) is 0 Å². The van der Waals surface area contributed by atoms with Crippen LogP contribution in [0.2, 0.25) is 0 Å². The van der Waals surface area contributed by atoms with Crippen molar-refractivity contribution in [3.05, 3.63) is 23.0 Å². The molecule has 2 aliphatic rings. The van der Waals surface area contributed by atoms with Gasteiger partial charge in [-0.05, 0) is 10.8 Å². The summed E-state index contributed by atoms with van der Waals surface area (Å²) >= 11 is 0. The van der Waals surface area contributed by atoms with Crippen LogP contribution in [0.3, 0.4) is 0 Å². The van der Waals surface area contributed by atoms with E-state index in [1.54, 1.807) is 0 Å². The van der Waals surface area contributed by atoms with Crippen molar-refractivity contribution in [2.24, 2.45) is 0 Å². The maximum atomic E-state index is 2.16. The van der Waals surface area contributed by atoms with E-state index in [2.05, 4.69) is 23.0 Å². The van der Waals surface area contributed by atoms with Crippen LogP contribution in [0, 0.1) is 0 Å². The monoisotopic (exact) mass is 266 g/mol. The molecule has 0 fully saturated rings. The first-order valence-corrected chi connectivity index (χ1v) is 7.63. The fraction of sp³-hybridized carbons (Fsp3) is 0.333. The Balaban J connectivity index is 0.000000167. The molecule has 0 aromatic rings. The van der Waals surface area contributed by atoms with Crippen LogP contribution < -0.4 is 0 Å². The Morgan fingerprint density at radius 3 is 1.36 bits per heavy atom. The maximum Gasteiger partial charge on any atom is 0.0229 e. The van der Waals surface area contributed by atoms with Crippen molar-refractivity contribution in [1.29, 1.82) is 0 Å². The third-order valence-corrected chi connectivity index (χ3v) is 4.60. The number of hydrogen-bond acceptors (Lipinski definition) is 4.